The third-order valence-electron chi connectivity index (χ3n) is 3.20. The molecule has 1 N–H and O–H groups in total. The molecule has 128 valence electrons. The lowest BCUT2D eigenvalue weighted by Crippen LogP contribution is -2.09. The summed E-state index contributed by atoms with van der Waals surface area (Å²) in [6, 6.07) is 8.86. The van der Waals surface area contributed by atoms with Gasteiger partial charge in [0.15, 0.2) is 0 Å². The maximum Gasteiger partial charge on any atom is 0.343 e. The van der Waals surface area contributed by atoms with Crippen LogP contribution in [0.4, 0.5) is 8.78 Å². The van der Waals surface area contributed by atoms with Crippen LogP contribution in [0.15, 0.2) is 42.5 Å². The zero-order valence-corrected chi connectivity index (χ0v) is 13.0. The Morgan fingerprint density at radius 2 is 1.54 bits per heavy atom. The first-order valence-electron chi connectivity index (χ1n) is 7.60. The quantitative estimate of drug-likeness (QED) is 0.453. The van der Waals surface area contributed by atoms with E-state index in [0.29, 0.717) is 18.4 Å². The van der Waals surface area contributed by atoms with Gasteiger partial charge in [-0.05, 0) is 55.7 Å². The van der Waals surface area contributed by atoms with E-state index in [1.54, 1.807) is 12.1 Å². The molecule has 0 atom stereocenters. The van der Waals surface area contributed by atoms with Crippen LogP contribution in [0, 0.1) is 11.6 Å². The van der Waals surface area contributed by atoms with E-state index in [2.05, 4.69) is 0 Å². The fraction of sp³-hybridized carbons (Fsp3) is 0.278. The molecule has 0 aromatic heterocycles. The number of ether oxygens (including phenoxy) is 2. The summed E-state index contributed by atoms with van der Waals surface area (Å²) in [7, 11) is 0. The number of aliphatic hydroxyl groups excluding tert-OH is 1. The van der Waals surface area contributed by atoms with Crippen LogP contribution in [-0.2, 0) is 0 Å². The molecule has 2 aromatic carbocycles. The summed E-state index contributed by atoms with van der Waals surface area (Å²) in [4.78, 5) is 11.9. The SMILES string of the molecule is O=C(Oc1ccc(OCCCCCO)cc1)c1cc(F)cc(F)c1. The molecule has 24 heavy (non-hydrogen) atoms. The van der Waals surface area contributed by atoms with E-state index in [1.807, 2.05) is 0 Å². The van der Waals surface area contributed by atoms with Gasteiger partial charge in [0.05, 0.1) is 12.2 Å². The summed E-state index contributed by atoms with van der Waals surface area (Å²) >= 11 is 0. The molecule has 4 nitrogen and oxygen atoms in total. The zero-order chi connectivity index (χ0) is 17.4. The first kappa shape index (κ1) is 17.9. The van der Waals surface area contributed by atoms with Crippen molar-refractivity contribution in [3.05, 3.63) is 59.7 Å². The summed E-state index contributed by atoms with van der Waals surface area (Å²) in [5.41, 5.74) is -0.197. The predicted molar refractivity (Wildman–Crippen MR) is 84.2 cm³/mol. The van der Waals surface area contributed by atoms with Gasteiger partial charge in [-0.25, -0.2) is 13.6 Å². The number of hydrogen-bond donors (Lipinski definition) is 1. The van der Waals surface area contributed by atoms with Crippen molar-refractivity contribution >= 4 is 5.97 Å². The monoisotopic (exact) mass is 336 g/mol. The Morgan fingerprint density at radius 3 is 2.17 bits per heavy atom. The molecule has 0 unspecified atom stereocenters. The Hall–Kier alpha value is -2.47. The van der Waals surface area contributed by atoms with Crippen LogP contribution in [0.2, 0.25) is 0 Å². The minimum Gasteiger partial charge on any atom is -0.494 e. The summed E-state index contributed by atoms with van der Waals surface area (Å²) < 4.78 is 36.8. The van der Waals surface area contributed by atoms with E-state index in [4.69, 9.17) is 14.6 Å². The average Bonchev–Trinajstić information content (AvgIpc) is 2.55. The van der Waals surface area contributed by atoms with Crippen LogP contribution in [-0.4, -0.2) is 24.3 Å². The minimum atomic E-state index is -0.842. The van der Waals surface area contributed by atoms with Crippen molar-refractivity contribution in [2.45, 2.75) is 19.3 Å². The van der Waals surface area contributed by atoms with E-state index in [9.17, 15) is 13.6 Å². The molecule has 6 heteroatoms. The van der Waals surface area contributed by atoms with Gasteiger partial charge in [0.1, 0.15) is 23.1 Å². The largest absolute Gasteiger partial charge is 0.494 e. The molecule has 0 saturated carbocycles. The molecular formula is C18H18F2O4. The van der Waals surface area contributed by atoms with Gasteiger partial charge in [-0.2, -0.15) is 0 Å². The van der Waals surface area contributed by atoms with Crippen molar-refractivity contribution in [3.63, 3.8) is 0 Å². The third kappa shape index (κ3) is 5.62. The van der Waals surface area contributed by atoms with Crippen molar-refractivity contribution in [1.29, 1.82) is 0 Å². The summed E-state index contributed by atoms with van der Waals surface area (Å²) in [5, 5.41) is 8.67. The molecule has 0 radical (unpaired) electrons. The van der Waals surface area contributed by atoms with Crippen molar-refractivity contribution < 1.29 is 28.2 Å². The second-order valence-electron chi connectivity index (χ2n) is 5.15. The standard InChI is InChI=1S/C18H18F2O4/c19-14-10-13(11-15(20)12-14)18(22)24-17-6-4-16(5-7-17)23-9-3-1-2-8-21/h4-7,10-12,21H,1-3,8-9H2. The van der Waals surface area contributed by atoms with Gasteiger partial charge in [0.25, 0.3) is 0 Å². The second kappa shape index (κ2) is 8.98. The van der Waals surface area contributed by atoms with Gasteiger partial charge in [-0.3, -0.25) is 0 Å². The predicted octanol–water partition coefficient (Wildman–Crippen LogP) is 3.73. The van der Waals surface area contributed by atoms with E-state index >= 15 is 0 Å². The molecule has 0 amide bonds. The number of hydrogen-bond acceptors (Lipinski definition) is 4. The number of unbranched alkanes of at least 4 members (excludes halogenated alkanes) is 2. The minimum absolute atomic E-state index is 0.176. The second-order valence-corrected chi connectivity index (χ2v) is 5.15. The zero-order valence-electron chi connectivity index (χ0n) is 13.0. The van der Waals surface area contributed by atoms with Crippen molar-refractivity contribution in [1.82, 2.24) is 0 Å². The van der Waals surface area contributed by atoms with Crippen molar-refractivity contribution in [3.8, 4) is 11.5 Å². The highest BCUT2D eigenvalue weighted by molar-refractivity contribution is 5.91. The molecule has 0 aliphatic rings. The normalized spacial score (nSPS) is 10.5. The highest BCUT2D eigenvalue weighted by Crippen LogP contribution is 2.19. The highest BCUT2D eigenvalue weighted by atomic mass is 19.1. The van der Waals surface area contributed by atoms with Gasteiger partial charge in [-0.1, -0.05) is 0 Å². The average molecular weight is 336 g/mol. The van der Waals surface area contributed by atoms with E-state index < -0.39 is 17.6 Å². The Morgan fingerprint density at radius 1 is 0.917 bits per heavy atom. The lowest BCUT2D eigenvalue weighted by molar-refractivity contribution is 0.0733. The maximum absolute atomic E-state index is 13.1. The Labute approximate surface area is 138 Å². The first-order valence-corrected chi connectivity index (χ1v) is 7.60. The molecule has 0 saturated heterocycles. The first-order chi connectivity index (χ1) is 11.6. The molecular weight excluding hydrogens is 318 g/mol. The topological polar surface area (TPSA) is 55.8 Å². The fourth-order valence-electron chi connectivity index (χ4n) is 2.02. The highest BCUT2D eigenvalue weighted by Gasteiger charge is 2.11. The molecule has 0 bridgehead atoms. The van der Waals surface area contributed by atoms with Crippen LogP contribution >= 0.6 is 0 Å². The number of halogens is 2. The van der Waals surface area contributed by atoms with Crippen molar-refractivity contribution in [2.24, 2.45) is 0 Å². The van der Waals surface area contributed by atoms with Gasteiger partial charge in [0.2, 0.25) is 0 Å². The number of benzene rings is 2. The molecule has 0 spiro atoms. The lowest BCUT2D eigenvalue weighted by atomic mass is 10.2. The Balaban J connectivity index is 1.87. The van der Waals surface area contributed by atoms with Crippen LogP contribution in [0.25, 0.3) is 0 Å². The third-order valence-corrected chi connectivity index (χ3v) is 3.20. The van der Waals surface area contributed by atoms with Crippen molar-refractivity contribution in [2.75, 3.05) is 13.2 Å². The smallest absolute Gasteiger partial charge is 0.343 e. The number of carbonyl (C=O) groups excluding carboxylic acids is 1. The molecule has 0 fully saturated rings. The van der Waals surface area contributed by atoms with Crippen LogP contribution in [0.5, 0.6) is 11.5 Å². The fourth-order valence-corrected chi connectivity index (χ4v) is 2.02. The van der Waals surface area contributed by atoms with Crippen LogP contribution in [0.3, 0.4) is 0 Å². The number of aliphatic hydroxyl groups is 1. The van der Waals surface area contributed by atoms with E-state index in [0.717, 1.165) is 31.4 Å². The number of esters is 1. The molecule has 0 heterocycles. The number of carbonyl (C=O) groups is 1. The van der Waals surface area contributed by atoms with Gasteiger partial charge in [-0.15, -0.1) is 0 Å². The maximum atomic E-state index is 13.1. The van der Waals surface area contributed by atoms with E-state index in [1.165, 1.54) is 12.1 Å². The van der Waals surface area contributed by atoms with Gasteiger partial charge < -0.3 is 14.6 Å². The molecule has 2 rings (SSSR count). The summed E-state index contributed by atoms with van der Waals surface area (Å²) in [6.07, 6.45) is 2.47. The lowest BCUT2D eigenvalue weighted by Gasteiger charge is -2.08. The molecule has 0 aliphatic carbocycles. The Bertz CT molecular complexity index is 651. The van der Waals surface area contributed by atoms with Gasteiger partial charge >= 0.3 is 5.97 Å². The number of rotatable bonds is 8. The van der Waals surface area contributed by atoms with Gasteiger partial charge in [0, 0.05) is 12.7 Å². The van der Waals surface area contributed by atoms with Crippen LogP contribution < -0.4 is 9.47 Å². The Kier molecular flexibility index (Phi) is 6.69. The summed E-state index contributed by atoms with van der Waals surface area (Å²) in [5.74, 6) is -1.65. The van der Waals surface area contributed by atoms with Crippen LogP contribution in [0.1, 0.15) is 29.6 Å². The van der Waals surface area contributed by atoms with E-state index in [-0.39, 0.29) is 17.9 Å². The summed E-state index contributed by atoms with van der Waals surface area (Å²) in [6.45, 7) is 0.705. The molecule has 0 aliphatic heterocycles. The molecule has 2 aromatic rings.